The Kier molecular flexibility index (Phi) is 4.89. The molecular weight excluding hydrogens is 354 g/mol. The Bertz CT molecular complexity index is 558. The number of ether oxygens (including phenoxy) is 1. The van der Waals surface area contributed by atoms with Gasteiger partial charge in [-0.3, -0.25) is 0 Å². The lowest BCUT2D eigenvalue weighted by Crippen LogP contribution is -2.34. The Hall–Kier alpha value is -0.140. The van der Waals surface area contributed by atoms with E-state index in [2.05, 4.69) is 15.9 Å². The van der Waals surface area contributed by atoms with E-state index in [4.69, 9.17) is 16.3 Å². The fraction of sp³-hybridized carbons (Fsp3) is 0.500. The largest absolute Gasteiger partial charge is 0.377 e. The van der Waals surface area contributed by atoms with Gasteiger partial charge in [0.1, 0.15) is 4.90 Å². The van der Waals surface area contributed by atoms with Gasteiger partial charge in [0.15, 0.2) is 0 Å². The first kappa shape index (κ1) is 15.3. The fourth-order valence-corrected chi connectivity index (χ4v) is 4.24. The lowest BCUT2D eigenvalue weighted by atomic mass is 10.2. The second kappa shape index (κ2) is 6.10. The van der Waals surface area contributed by atoms with Crippen molar-refractivity contribution in [1.29, 1.82) is 0 Å². The lowest BCUT2D eigenvalue weighted by Gasteiger charge is -2.21. The maximum Gasteiger partial charge on any atom is 0.244 e. The smallest absolute Gasteiger partial charge is 0.244 e. The van der Waals surface area contributed by atoms with Crippen molar-refractivity contribution in [1.82, 2.24) is 4.31 Å². The Morgan fingerprint density at radius 3 is 2.84 bits per heavy atom. The number of halogens is 2. The van der Waals surface area contributed by atoms with Crippen LogP contribution >= 0.6 is 27.5 Å². The van der Waals surface area contributed by atoms with Crippen LogP contribution in [0.15, 0.2) is 27.6 Å². The molecule has 1 aliphatic rings. The zero-order chi connectivity index (χ0) is 14.0. The molecule has 0 amide bonds. The maximum absolute atomic E-state index is 12.4. The summed E-state index contributed by atoms with van der Waals surface area (Å²) < 4.78 is 32.4. The minimum Gasteiger partial charge on any atom is -0.377 e. The summed E-state index contributed by atoms with van der Waals surface area (Å²) in [6.45, 7) is 1.06. The summed E-state index contributed by atoms with van der Waals surface area (Å²) in [6.07, 6.45) is 1.86. The molecule has 1 atom stereocenters. The van der Waals surface area contributed by atoms with Crippen LogP contribution in [0.2, 0.25) is 5.02 Å². The van der Waals surface area contributed by atoms with E-state index >= 15 is 0 Å². The molecule has 0 aliphatic carbocycles. The predicted molar refractivity (Wildman–Crippen MR) is 77.9 cm³/mol. The molecule has 1 fully saturated rings. The minimum atomic E-state index is -3.57. The quantitative estimate of drug-likeness (QED) is 0.821. The van der Waals surface area contributed by atoms with Crippen LogP contribution in [0.3, 0.4) is 0 Å². The van der Waals surface area contributed by atoms with Crippen molar-refractivity contribution in [3.8, 4) is 0 Å². The van der Waals surface area contributed by atoms with Crippen molar-refractivity contribution in [3.05, 3.63) is 27.7 Å². The Morgan fingerprint density at radius 2 is 2.26 bits per heavy atom. The molecular formula is C12H15BrClNO3S. The van der Waals surface area contributed by atoms with Gasteiger partial charge in [-0.05, 0) is 31.0 Å². The Balaban J connectivity index is 2.20. The molecule has 1 aliphatic heterocycles. The highest BCUT2D eigenvalue weighted by Crippen LogP contribution is 2.27. The van der Waals surface area contributed by atoms with E-state index in [1.807, 2.05) is 0 Å². The number of rotatable bonds is 4. The number of likely N-dealkylation sites (N-methyl/N-ethyl adjacent to an activating group) is 1. The molecule has 1 aromatic rings. The molecule has 1 saturated heterocycles. The molecule has 1 unspecified atom stereocenters. The number of benzene rings is 1. The van der Waals surface area contributed by atoms with Crippen molar-refractivity contribution in [2.45, 2.75) is 23.8 Å². The van der Waals surface area contributed by atoms with Crippen LogP contribution in [0.1, 0.15) is 12.8 Å². The molecule has 19 heavy (non-hydrogen) atoms. The molecule has 0 aromatic heterocycles. The van der Waals surface area contributed by atoms with Crippen LogP contribution in [0, 0.1) is 0 Å². The van der Waals surface area contributed by atoms with Crippen LogP contribution in [0.5, 0.6) is 0 Å². The average Bonchev–Trinajstić information content (AvgIpc) is 2.81. The topological polar surface area (TPSA) is 46.6 Å². The third-order valence-corrected chi connectivity index (χ3v) is 5.87. The van der Waals surface area contributed by atoms with E-state index in [1.54, 1.807) is 19.2 Å². The summed E-state index contributed by atoms with van der Waals surface area (Å²) in [5, 5.41) is 0.216. The van der Waals surface area contributed by atoms with E-state index in [0.29, 0.717) is 13.2 Å². The first-order valence-corrected chi connectivity index (χ1v) is 8.55. The summed E-state index contributed by atoms with van der Waals surface area (Å²) >= 11 is 9.27. The van der Waals surface area contributed by atoms with Crippen molar-refractivity contribution in [3.63, 3.8) is 0 Å². The van der Waals surface area contributed by atoms with Gasteiger partial charge in [-0.2, -0.15) is 4.31 Å². The second-order valence-electron chi connectivity index (χ2n) is 4.50. The van der Waals surface area contributed by atoms with Gasteiger partial charge >= 0.3 is 0 Å². The summed E-state index contributed by atoms with van der Waals surface area (Å²) in [5.41, 5.74) is 0. The van der Waals surface area contributed by atoms with Crippen LogP contribution in [-0.4, -0.2) is 39.0 Å². The summed E-state index contributed by atoms with van der Waals surface area (Å²) in [6, 6.07) is 4.75. The highest BCUT2D eigenvalue weighted by molar-refractivity contribution is 9.10. The first-order chi connectivity index (χ1) is 8.91. The molecule has 0 N–H and O–H groups in total. The molecule has 1 heterocycles. The van der Waals surface area contributed by atoms with Crippen LogP contribution in [0.4, 0.5) is 0 Å². The van der Waals surface area contributed by atoms with E-state index in [0.717, 1.165) is 17.3 Å². The molecule has 1 aromatic carbocycles. The van der Waals surface area contributed by atoms with E-state index in [1.165, 1.54) is 10.4 Å². The lowest BCUT2D eigenvalue weighted by molar-refractivity contribution is 0.0979. The molecule has 0 saturated carbocycles. The number of nitrogens with zero attached hydrogens (tertiary/aromatic N) is 1. The summed E-state index contributed by atoms with van der Waals surface area (Å²) in [5.74, 6) is 0. The normalized spacial score (nSPS) is 20.1. The monoisotopic (exact) mass is 367 g/mol. The van der Waals surface area contributed by atoms with Gasteiger partial charge in [-0.15, -0.1) is 0 Å². The standard InChI is InChI=1S/C12H15BrClNO3S/c1-15(8-10-3-2-6-18-10)19(16,17)12-5-4-9(13)7-11(12)14/h4-5,7,10H,2-3,6,8H2,1H3. The Morgan fingerprint density at radius 1 is 1.53 bits per heavy atom. The summed E-state index contributed by atoms with van der Waals surface area (Å²) in [4.78, 5) is 0.123. The third kappa shape index (κ3) is 3.49. The second-order valence-corrected chi connectivity index (χ2v) is 7.83. The molecule has 2 rings (SSSR count). The van der Waals surface area contributed by atoms with E-state index in [9.17, 15) is 8.42 Å². The highest BCUT2D eigenvalue weighted by Gasteiger charge is 2.27. The van der Waals surface area contributed by atoms with Crippen molar-refractivity contribution in [2.75, 3.05) is 20.2 Å². The molecule has 7 heteroatoms. The van der Waals surface area contributed by atoms with Gasteiger partial charge < -0.3 is 4.74 Å². The van der Waals surface area contributed by atoms with Gasteiger partial charge in [-0.1, -0.05) is 27.5 Å². The summed E-state index contributed by atoms with van der Waals surface area (Å²) in [7, 11) is -2.02. The van der Waals surface area contributed by atoms with Crippen LogP contribution in [0.25, 0.3) is 0 Å². The molecule has 0 spiro atoms. The fourth-order valence-electron chi connectivity index (χ4n) is 2.03. The zero-order valence-electron chi connectivity index (χ0n) is 10.5. The molecule has 0 radical (unpaired) electrons. The van der Waals surface area contributed by atoms with Gasteiger partial charge in [-0.25, -0.2) is 8.42 Å². The predicted octanol–water partition coefficient (Wildman–Crippen LogP) is 2.90. The van der Waals surface area contributed by atoms with Gasteiger partial charge in [0.05, 0.1) is 11.1 Å². The van der Waals surface area contributed by atoms with Crippen molar-refractivity contribution < 1.29 is 13.2 Å². The molecule has 0 bridgehead atoms. The van der Waals surface area contributed by atoms with Gasteiger partial charge in [0.2, 0.25) is 10.0 Å². The van der Waals surface area contributed by atoms with Crippen molar-refractivity contribution >= 4 is 37.6 Å². The van der Waals surface area contributed by atoms with Gasteiger partial charge in [0.25, 0.3) is 0 Å². The maximum atomic E-state index is 12.4. The number of hydrogen-bond donors (Lipinski definition) is 0. The van der Waals surface area contributed by atoms with Gasteiger partial charge in [0, 0.05) is 24.7 Å². The van der Waals surface area contributed by atoms with Crippen LogP contribution in [-0.2, 0) is 14.8 Å². The molecule has 106 valence electrons. The Labute approximate surface area is 126 Å². The SMILES string of the molecule is CN(CC1CCCO1)S(=O)(=O)c1ccc(Br)cc1Cl. The highest BCUT2D eigenvalue weighted by atomic mass is 79.9. The zero-order valence-corrected chi connectivity index (χ0v) is 13.6. The average molecular weight is 369 g/mol. The number of sulfonamides is 1. The van der Waals surface area contributed by atoms with E-state index in [-0.39, 0.29) is 16.0 Å². The molecule has 4 nitrogen and oxygen atoms in total. The minimum absolute atomic E-state index is 0.0194. The van der Waals surface area contributed by atoms with Crippen molar-refractivity contribution in [2.24, 2.45) is 0 Å². The third-order valence-electron chi connectivity index (χ3n) is 3.07. The van der Waals surface area contributed by atoms with Crippen LogP contribution < -0.4 is 0 Å². The van der Waals surface area contributed by atoms with E-state index < -0.39 is 10.0 Å². The number of hydrogen-bond acceptors (Lipinski definition) is 3. The first-order valence-electron chi connectivity index (χ1n) is 5.94.